The topological polar surface area (TPSA) is 52.6 Å². The molecule has 0 fully saturated rings. The maximum Gasteiger partial charge on any atom is 0.338 e. The summed E-state index contributed by atoms with van der Waals surface area (Å²) in [5.74, 6) is -0.573. The van der Waals surface area contributed by atoms with Gasteiger partial charge in [0, 0.05) is 0 Å². The minimum atomic E-state index is -0.287. The van der Waals surface area contributed by atoms with Crippen LogP contribution >= 0.6 is 0 Å². The zero-order valence-electron chi connectivity index (χ0n) is 16.6. The average Bonchev–Trinajstić information content (AvgIpc) is 2.73. The highest BCUT2D eigenvalue weighted by atomic mass is 16.5. The van der Waals surface area contributed by atoms with Crippen molar-refractivity contribution in [3.63, 3.8) is 0 Å². The maximum atomic E-state index is 11.9. The van der Waals surface area contributed by atoms with E-state index >= 15 is 0 Å². The van der Waals surface area contributed by atoms with Crippen LogP contribution in [0.15, 0.2) is 48.5 Å². The van der Waals surface area contributed by atoms with Crippen LogP contribution < -0.4 is 0 Å². The third kappa shape index (κ3) is 7.03. The van der Waals surface area contributed by atoms with Crippen LogP contribution in [0.5, 0.6) is 0 Å². The molecule has 0 aliphatic carbocycles. The molecule has 0 aromatic heterocycles. The van der Waals surface area contributed by atoms with Crippen molar-refractivity contribution in [3.8, 4) is 0 Å². The Morgan fingerprint density at radius 2 is 1.04 bits per heavy atom. The van der Waals surface area contributed by atoms with E-state index in [0.717, 1.165) is 36.8 Å². The molecule has 0 amide bonds. The molecule has 4 heteroatoms. The SMILES string of the molecule is CCCCOC(=O)c1ccc(C=Cc2ccc(C(=O)OCCCC)cc2)cc1. The molecule has 0 aliphatic heterocycles. The molecule has 2 aromatic carbocycles. The lowest BCUT2D eigenvalue weighted by Crippen LogP contribution is -2.06. The first-order valence-corrected chi connectivity index (χ1v) is 9.86. The number of carbonyl (C=O) groups is 2. The van der Waals surface area contributed by atoms with Gasteiger partial charge in [0.25, 0.3) is 0 Å². The van der Waals surface area contributed by atoms with Gasteiger partial charge in [-0.3, -0.25) is 0 Å². The fraction of sp³-hybridized carbons (Fsp3) is 0.333. The third-order valence-corrected chi connectivity index (χ3v) is 4.22. The van der Waals surface area contributed by atoms with Gasteiger partial charge in [-0.15, -0.1) is 0 Å². The van der Waals surface area contributed by atoms with Crippen LogP contribution in [0.4, 0.5) is 0 Å². The third-order valence-electron chi connectivity index (χ3n) is 4.22. The number of hydrogen-bond donors (Lipinski definition) is 0. The molecular weight excluding hydrogens is 352 g/mol. The highest BCUT2D eigenvalue weighted by Crippen LogP contribution is 2.12. The van der Waals surface area contributed by atoms with Crippen LogP contribution in [0.1, 0.15) is 71.4 Å². The van der Waals surface area contributed by atoms with E-state index in [4.69, 9.17) is 9.47 Å². The van der Waals surface area contributed by atoms with Gasteiger partial charge in [0.15, 0.2) is 0 Å². The summed E-state index contributed by atoms with van der Waals surface area (Å²) in [7, 11) is 0. The number of unbranched alkanes of at least 4 members (excludes halogenated alkanes) is 2. The Hall–Kier alpha value is -2.88. The van der Waals surface area contributed by atoms with Crippen LogP contribution in [-0.2, 0) is 9.47 Å². The van der Waals surface area contributed by atoms with Gasteiger partial charge < -0.3 is 9.47 Å². The standard InChI is InChI=1S/C24H28O4/c1-3-5-17-27-23(25)21-13-9-19(10-14-21)7-8-20-11-15-22(16-12-20)24(26)28-18-6-4-2/h7-16H,3-6,17-18H2,1-2H3. The van der Waals surface area contributed by atoms with Crippen LogP contribution in [0.25, 0.3) is 12.2 Å². The van der Waals surface area contributed by atoms with Gasteiger partial charge in [-0.2, -0.15) is 0 Å². The molecule has 0 radical (unpaired) electrons. The Labute approximate surface area is 167 Å². The number of rotatable bonds is 10. The number of esters is 2. The molecule has 0 saturated carbocycles. The summed E-state index contributed by atoms with van der Waals surface area (Å²) in [5, 5.41) is 0. The van der Waals surface area contributed by atoms with Crippen molar-refractivity contribution in [1.82, 2.24) is 0 Å². The predicted octanol–water partition coefficient (Wildman–Crippen LogP) is 5.77. The van der Waals surface area contributed by atoms with Gasteiger partial charge in [-0.25, -0.2) is 9.59 Å². The summed E-state index contributed by atoms with van der Waals surface area (Å²) in [5.41, 5.74) is 3.07. The Morgan fingerprint density at radius 3 is 1.36 bits per heavy atom. The Balaban J connectivity index is 1.90. The monoisotopic (exact) mass is 380 g/mol. The molecule has 0 heterocycles. The quantitative estimate of drug-likeness (QED) is 0.298. The molecule has 0 atom stereocenters. The Kier molecular flexibility index (Phi) is 8.99. The van der Waals surface area contributed by atoms with Gasteiger partial charge >= 0.3 is 11.9 Å². The van der Waals surface area contributed by atoms with Crippen LogP contribution in [0, 0.1) is 0 Å². The van der Waals surface area contributed by atoms with Gasteiger partial charge in [0.05, 0.1) is 24.3 Å². The molecule has 0 N–H and O–H groups in total. The maximum absolute atomic E-state index is 11.9. The lowest BCUT2D eigenvalue weighted by Gasteiger charge is -2.04. The van der Waals surface area contributed by atoms with Crippen LogP contribution in [-0.4, -0.2) is 25.2 Å². The molecule has 0 saturated heterocycles. The van der Waals surface area contributed by atoms with E-state index in [9.17, 15) is 9.59 Å². The largest absolute Gasteiger partial charge is 0.462 e. The lowest BCUT2D eigenvalue weighted by molar-refractivity contribution is 0.0490. The van der Waals surface area contributed by atoms with Gasteiger partial charge in [0.1, 0.15) is 0 Å². The smallest absolute Gasteiger partial charge is 0.338 e. The Morgan fingerprint density at radius 1 is 0.679 bits per heavy atom. The second-order valence-electron chi connectivity index (χ2n) is 6.56. The molecule has 2 aromatic rings. The van der Waals surface area contributed by atoms with E-state index in [1.54, 1.807) is 24.3 Å². The molecule has 28 heavy (non-hydrogen) atoms. The molecule has 0 bridgehead atoms. The molecule has 0 aliphatic rings. The molecule has 148 valence electrons. The van der Waals surface area contributed by atoms with Crippen LogP contribution in [0.2, 0.25) is 0 Å². The van der Waals surface area contributed by atoms with E-state index in [-0.39, 0.29) is 11.9 Å². The summed E-state index contributed by atoms with van der Waals surface area (Å²) in [6, 6.07) is 14.6. The van der Waals surface area contributed by atoms with E-state index < -0.39 is 0 Å². The van der Waals surface area contributed by atoms with Crippen molar-refractivity contribution in [2.45, 2.75) is 39.5 Å². The van der Waals surface area contributed by atoms with Gasteiger partial charge in [-0.05, 0) is 48.2 Å². The molecule has 0 spiro atoms. The van der Waals surface area contributed by atoms with Crippen molar-refractivity contribution in [1.29, 1.82) is 0 Å². The van der Waals surface area contributed by atoms with Crippen molar-refractivity contribution >= 4 is 24.1 Å². The minimum Gasteiger partial charge on any atom is -0.462 e. The molecule has 0 unspecified atom stereocenters. The summed E-state index contributed by atoms with van der Waals surface area (Å²) in [4.78, 5) is 23.8. The first-order valence-electron chi connectivity index (χ1n) is 9.86. The summed E-state index contributed by atoms with van der Waals surface area (Å²) in [6.07, 6.45) is 7.67. The van der Waals surface area contributed by atoms with Crippen molar-refractivity contribution in [3.05, 3.63) is 70.8 Å². The normalized spacial score (nSPS) is 10.8. The minimum absolute atomic E-state index is 0.287. The van der Waals surface area contributed by atoms with Crippen molar-refractivity contribution in [2.24, 2.45) is 0 Å². The van der Waals surface area contributed by atoms with E-state index in [0.29, 0.717) is 24.3 Å². The fourth-order valence-corrected chi connectivity index (χ4v) is 2.44. The fourth-order valence-electron chi connectivity index (χ4n) is 2.44. The Bertz CT molecular complexity index is 706. The number of benzene rings is 2. The highest BCUT2D eigenvalue weighted by Gasteiger charge is 2.07. The molecule has 2 rings (SSSR count). The predicted molar refractivity (Wildman–Crippen MR) is 112 cm³/mol. The molecule has 4 nitrogen and oxygen atoms in total. The number of hydrogen-bond acceptors (Lipinski definition) is 4. The zero-order chi connectivity index (χ0) is 20.2. The van der Waals surface area contributed by atoms with Gasteiger partial charge in [0.2, 0.25) is 0 Å². The van der Waals surface area contributed by atoms with Crippen molar-refractivity contribution < 1.29 is 19.1 Å². The summed E-state index contributed by atoms with van der Waals surface area (Å²) in [6.45, 7) is 5.03. The summed E-state index contributed by atoms with van der Waals surface area (Å²) < 4.78 is 10.4. The first-order chi connectivity index (χ1) is 13.6. The molecular formula is C24H28O4. The summed E-state index contributed by atoms with van der Waals surface area (Å²) >= 11 is 0. The highest BCUT2D eigenvalue weighted by molar-refractivity contribution is 5.90. The lowest BCUT2D eigenvalue weighted by atomic mass is 10.1. The number of ether oxygens (including phenoxy) is 2. The average molecular weight is 380 g/mol. The zero-order valence-corrected chi connectivity index (χ0v) is 16.6. The van der Waals surface area contributed by atoms with E-state index in [1.807, 2.05) is 36.4 Å². The second-order valence-corrected chi connectivity index (χ2v) is 6.56. The van der Waals surface area contributed by atoms with Crippen LogP contribution in [0.3, 0.4) is 0 Å². The first kappa shape index (κ1) is 21.4. The van der Waals surface area contributed by atoms with E-state index in [2.05, 4.69) is 13.8 Å². The van der Waals surface area contributed by atoms with Gasteiger partial charge in [-0.1, -0.05) is 63.1 Å². The second kappa shape index (κ2) is 11.8. The van der Waals surface area contributed by atoms with Crippen molar-refractivity contribution in [2.75, 3.05) is 13.2 Å². The number of carbonyl (C=O) groups excluding carboxylic acids is 2. The van der Waals surface area contributed by atoms with E-state index in [1.165, 1.54) is 0 Å².